The van der Waals surface area contributed by atoms with Gasteiger partial charge in [0.2, 0.25) is 0 Å². The molecule has 29 heavy (non-hydrogen) atoms. The second kappa shape index (κ2) is 13.5. The SMILES string of the molecule is CCCCCCCCC(/C=N/c1cc(C)cc(C)c1)=N\c1cc(C)cc(C)c1.[Ni]. The van der Waals surface area contributed by atoms with Crippen molar-refractivity contribution in [1.82, 2.24) is 0 Å². The number of hydrogen-bond acceptors (Lipinski definition) is 2. The molecular weight excluding hydrogens is 399 g/mol. The molecule has 0 amide bonds. The van der Waals surface area contributed by atoms with Crippen LogP contribution in [0.2, 0.25) is 0 Å². The zero-order chi connectivity index (χ0) is 20.4. The van der Waals surface area contributed by atoms with E-state index in [-0.39, 0.29) is 16.5 Å². The molecule has 0 saturated heterocycles. The Labute approximate surface area is 187 Å². The first-order valence-electron chi connectivity index (χ1n) is 10.7. The maximum Gasteiger partial charge on any atom is 0.0638 e. The molecule has 2 aromatic rings. The zero-order valence-electron chi connectivity index (χ0n) is 18.7. The summed E-state index contributed by atoms with van der Waals surface area (Å²) < 4.78 is 0. The fourth-order valence-corrected chi connectivity index (χ4v) is 3.59. The molecule has 0 fully saturated rings. The van der Waals surface area contributed by atoms with Crippen molar-refractivity contribution in [2.24, 2.45) is 9.98 Å². The van der Waals surface area contributed by atoms with E-state index in [1.807, 2.05) is 6.21 Å². The second-order valence-electron chi connectivity index (χ2n) is 8.07. The Hall–Kier alpha value is -1.73. The van der Waals surface area contributed by atoms with Crippen LogP contribution in [-0.2, 0) is 16.5 Å². The first kappa shape index (κ1) is 25.3. The van der Waals surface area contributed by atoms with Crippen molar-refractivity contribution in [3.8, 4) is 0 Å². The maximum atomic E-state index is 4.94. The van der Waals surface area contributed by atoms with E-state index in [4.69, 9.17) is 9.98 Å². The first-order chi connectivity index (χ1) is 13.5. The molecule has 0 saturated carbocycles. The summed E-state index contributed by atoms with van der Waals surface area (Å²) in [7, 11) is 0. The second-order valence-corrected chi connectivity index (χ2v) is 8.07. The van der Waals surface area contributed by atoms with Crippen LogP contribution in [0.1, 0.15) is 74.1 Å². The van der Waals surface area contributed by atoms with Crippen LogP contribution in [0.15, 0.2) is 46.4 Å². The quantitative estimate of drug-likeness (QED) is 0.204. The first-order valence-corrected chi connectivity index (χ1v) is 10.7. The Balaban J connectivity index is 0.00000420. The van der Waals surface area contributed by atoms with Crippen molar-refractivity contribution < 1.29 is 16.5 Å². The fourth-order valence-electron chi connectivity index (χ4n) is 3.59. The van der Waals surface area contributed by atoms with Gasteiger partial charge in [0.05, 0.1) is 17.1 Å². The summed E-state index contributed by atoms with van der Waals surface area (Å²) in [6.45, 7) is 10.8. The van der Waals surface area contributed by atoms with Gasteiger partial charge in [-0.3, -0.25) is 9.98 Å². The molecule has 0 atom stereocenters. The van der Waals surface area contributed by atoms with Crippen molar-refractivity contribution >= 4 is 23.3 Å². The number of aryl methyl sites for hydroxylation is 4. The van der Waals surface area contributed by atoms with Crippen LogP contribution < -0.4 is 0 Å². The molecular formula is C26H36N2Ni. The molecule has 0 aliphatic heterocycles. The third-order valence-electron chi connectivity index (χ3n) is 4.83. The van der Waals surface area contributed by atoms with E-state index in [2.05, 4.69) is 71.0 Å². The van der Waals surface area contributed by atoms with Gasteiger partial charge in [-0.2, -0.15) is 0 Å². The van der Waals surface area contributed by atoms with Crippen LogP contribution in [0.4, 0.5) is 11.4 Å². The third kappa shape index (κ3) is 10.0. The Morgan fingerprint density at radius 1 is 0.690 bits per heavy atom. The van der Waals surface area contributed by atoms with Gasteiger partial charge in [0, 0.05) is 22.7 Å². The van der Waals surface area contributed by atoms with Crippen LogP contribution in [0.25, 0.3) is 0 Å². The Morgan fingerprint density at radius 3 is 1.72 bits per heavy atom. The van der Waals surface area contributed by atoms with Crippen molar-refractivity contribution in [3.63, 3.8) is 0 Å². The van der Waals surface area contributed by atoms with Crippen LogP contribution in [-0.4, -0.2) is 11.9 Å². The van der Waals surface area contributed by atoms with Crippen molar-refractivity contribution in [2.45, 2.75) is 79.6 Å². The van der Waals surface area contributed by atoms with E-state index in [0.29, 0.717) is 0 Å². The van der Waals surface area contributed by atoms with Crippen LogP contribution in [0, 0.1) is 27.7 Å². The van der Waals surface area contributed by atoms with Crippen LogP contribution >= 0.6 is 0 Å². The smallest absolute Gasteiger partial charge is 0.0638 e. The zero-order valence-corrected chi connectivity index (χ0v) is 19.7. The van der Waals surface area contributed by atoms with E-state index in [0.717, 1.165) is 23.5 Å². The van der Waals surface area contributed by atoms with Gasteiger partial charge in [-0.1, -0.05) is 51.2 Å². The van der Waals surface area contributed by atoms with Gasteiger partial charge >= 0.3 is 0 Å². The van der Waals surface area contributed by atoms with Crippen LogP contribution in [0.5, 0.6) is 0 Å². The minimum atomic E-state index is 0. The molecule has 2 aromatic carbocycles. The van der Waals surface area contributed by atoms with Gasteiger partial charge in [0.1, 0.15) is 0 Å². The topological polar surface area (TPSA) is 24.7 Å². The number of hydrogen-bond donors (Lipinski definition) is 0. The Kier molecular flexibility index (Phi) is 11.8. The molecule has 0 bridgehead atoms. The normalized spacial score (nSPS) is 11.7. The molecule has 0 aliphatic rings. The molecule has 0 N–H and O–H groups in total. The number of aliphatic imine (C=N–C) groups is 2. The average molecular weight is 435 g/mol. The predicted molar refractivity (Wildman–Crippen MR) is 125 cm³/mol. The molecule has 0 aliphatic carbocycles. The van der Waals surface area contributed by atoms with E-state index in [1.165, 1.54) is 60.8 Å². The summed E-state index contributed by atoms with van der Waals surface area (Å²) in [6, 6.07) is 12.9. The van der Waals surface area contributed by atoms with Gasteiger partial charge in [0.25, 0.3) is 0 Å². The summed E-state index contributed by atoms with van der Waals surface area (Å²) in [6.07, 6.45) is 10.7. The van der Waals surface area contributed by atoms with Crippen LogP contribution in [0.3, 0.4) is 0 Å². The average Bonchev–Trinajstić information content (AvgIpc) is 2.60. The summed E-state index contributed by atoms with van der Waals surface area (Å²) in [4.78, 5) is 9.68. The molecule has 0 aromatic heterocycles. The predicted octanol–water partition coefficient (Wildman–Crippen LogP) is 8.14. The number of unbranched alkanes of at least 4 members (excludes halogenated alkanes) is 5. The van der Waals surface area contributed by atoms with Gasteiger partial charge < -0.3 is 0 Å². The Bertz CT molecular complexity index is 781. The van der Waals surface area contributed by atoms with Crippen molar-refractivity contribution in [2.75, 3.05) is 0 Å². The van der Waals surface area contributed by atoms with E-state index >= 15 is 0 Å². The molecule has 0 heterocycles. The van der Waals surface area contributed by atoms with Gasteiger partial charge in [-0.25, -0.2) is 0 Å². The molecule has 160 valence electrons. The van der Waals surface area contributed by atoms with Gasteiger partial charge in [-0.15, -0.1) is 0 Å². The number of nitrogens with zero attached hydrogens (tertiary/aromatic N) is 2. The van der Waals surface area contributed by atoms with Gasteiger partial charge in [0.15, 0.2) is 0 Å². The summed E-state index contributed by atoms with van der Waals surface area (Å²) >= 11 is 0. The monoisotopic (exact) mass is 434 g/mol. The molecule has 2 rings (SSSR count). The summed E-state index contributed by atoms with van der Waals surface area (Å²) in [5.74, 6) is 0. The largest absolute Gasteiger partial charge is 0.255 e. The van der Waals surface area contributed by atoms with E-state index in [1.54, 1.807) is 0 Å². The molecule has 2 nitrogen and oxygen atoms in total. The minimum absolute atomic E-state index is 0. The Morgan fingerprint density at radius 2 is 1.17 bits per heavy atom. The van der Waals surface area contributed by atoms with Crippen molar-refractivity contribution in [1.29, 1.82) is 0 Å². The summed E-state index contributed by atoms with van der Waals surface area (Å²) in [5.41, 5.74) is 8.11. The minimum Gasteiger partial charge on any atom is -0.255 e. The fraction of sp³-hybridized carbons (Fsp3) is 0.462. The summed E-state index contributed by atoms with van der Waals surface area (Å²) in [5, 5.41) is 0. The van der Waals surface area contributed by atoms with Crippen molar-refractivity contribution in [3.05, 3.63) is 58.7 Å². The molecule has 3 heteroatoms. The standard InChI is InChI=1S/C26H36N2.Ni/c1-6-7-8-9-10-11-12-24(28-26-17-22(4)14-23(5)18-26)19-27-25-15-20(2)13-21(3)16-25;/h13-19H,6-12H2,1-5H3;/b27-19+,28-24+;. The number of benzene rings is 2. The molecule has 0 radical (unpaired) electrons. The molecule has 0 unspecified atom stereocenters. The van der Waals surface area contributed by atoms with E-state index < -0.39 is 0 Å². The van der Waals surface area contributed by atoms with Gasteiger partial charge in [-0.05, 0) is 87.1 Å². The molecule has 0 spiro atoms. The van der Waals surface area contributed by atoms with E-state index in [9.17, 15) is 0 Å². The maximum absolute atomic E-state index is 4.94. The number of rotatable bonds is 10. The third-order valence-corrected chi connectivity index (χ3v) is 4.83.